The molecule has 1 fully saturated rings. The predicted octanol–water partition coefficient (Wildman–Crippen LogP) is 4.88. The predicted molar refractivity (Wildman–Crippen MR) is 69.8 cm³/mol. The summed E-state index contributed by atoms with van der Waals surface area (Å²) < 4.78 is 38.8. The second-order valence-corrected chi connectivity index (χ2v) is 6.02. The smallest absolute Gasteiger partial charge is 0.294 e. The summed E-state index contributed by atoms with van der Waals surface area (Å²) in [4.78, 5) is 12.0. The molecule has 1 nitrogen and oxygen atoms in total. The zero-order chi connectivity index (χ0) is 14.4. The van der Waals surface area contributed by atoms with Crippen molar-refractivity contribution < 1.29 is 18.0 Å². The molecule has 4 heteroatoms. The molecule has 0 N–H and O–H groups in total. The van der Waals surface area contributed by atoms with Crippen molar-refractivity contribution in [2.75, 3.05) is 0 Å². The Labute approximate surface area is 116 Å². The Morgan fingerprint density at radius 2 is 1.70 bits per heavy atom. The summed E-state index contributed by atoms with van der Waals surface area (Å²) in [6.07, 6.45) is 1.89. The maximum atomic E-state index is 12.9. The summed E-state index contributed by atoms with van der Waals surface area (Å²) in [5, 5.41) is 0. The summed E-state index contributed by atoms with van der Waals surface area (Å²) in [6, 6.07) is 3.66. The van der Waals surface area contributed by atoms with Crippen LogP contribution in [0, 0.1) is 0 Å². The van der Waals surface area contributed by atoms with Gasteiger partial charge in [0.2, 0.25) is 0 Å². The highest BCUT2D eigenvalue weighted by atomic mass is 19.4. The molecule has 20 heavy (non-hydrogen) atoms. The maximum Gasteiger partial charge on any atom is 0.416 e. The minimum Gasteiger partial charge on any atom is -0.294 e. The van der Waals surface area contributed by atoms with E-state index in [4.69, 9.17) is 0 Å². The highest BCUT2D eigenvalue weighted by molar-refractivity contribution is 5.99. The zero-order valence-corrected chi connectivity index (χ0v) is 11.2. The minimum absolute atomic E-state index is 0.00933. The minimum atomic E-state index is -4.34. The van der Waals surface area contributed by atoms with Gasteiger partial charge in [-0.1, -0.05) is 25.3 Å². The lowest BCUT2D eigenvalue weighted by atomic mass is 9.62. The number of hydrogen-bond donors (Lipinski definition) is 0. The Kier molecular flexibility index (Phi) is 3.14. The number of halogens is 3. The molecule has 0 saturated heterocycles. The van der Waals surface area contributed by atoms with E-state index < -0.39 is 11.7 Å². The number of carbonyl (C=O) groups is 1. The third-order valence-corrected chi connectivity index (χ3v) is 4.86. The normalized spacial score (nSPS) is 21.9. The Hall–Kier alpha value is -1.32. The second-order valence-electron chi connectivity index (χ2n) is 6.02. The fraction of sp³-hybridized carbons (Fsp3) is 0.562. The summed E-state index contributed by atoms with van der Waals surface area (Å²) >= 11 is 0. The Morgan fingerprint density at radius 3 is 2.35 bits per heavy atom. The van der Waals surface area contributed by atoms with Crippen LogP contribution in [-0.4, -0.2) is 5.78 Å². The van der Waals surface area contributed by atoms with Gasteiger partial charge in [0.15, 0.2) is 5.78 Å². The van der Waals surface area contributed by atoms with Crippen LogP contribution in [0.2, 0.25) is 0 Å². The van der Waals surface area contributed by atoms with Crippen LogP contribution in [0.3, 0.4) is 0 Å². The summed E-state index contributed by atoms with van der Waals surface area (Å²) in [7, 11) is 0. The number of rotatable bonds is 0. The van der Waals surface area contributed by atoms with Crippen LogP contribution in [-0.2, 0) is 11.6 Å². The van der Waals surface area contributed by atoms with Crippen molar-refractivity contribution in [3.63, 3.8) is 0 Å². The molecule has 108 valence electrons. The molecular weight excluding hydrogens is 265 g/mol. The lowest BCUT2D eigenvalue weighted by molar-refractivity contribution is -0.137. The molecule has 0 radical (unpaired) electrons. The summed E-state index contributed by atoms with van der Waals surface area (Å²) in [5.74, 6) is -0.00933. The first kappa shape index (κ1) is 13.7. The van der Waals surface area contributed by atoms with Gasteiger partial charge in [0, 0.05) is 12.0 Å². The fourth-order valence-corrected chi connectivity index (χ4v) is 3.77. The second kappa shape index (κ2) is 4.61. The van der Waals surface area contributed by atoms with Crippen LogP contribution in [0.5, 0.6) is 0 Å². The molecule has 0 aromatic heterocycles. The van der Waals surface area contributed by atoms with E-state index in [0.717, 1.165) is 38.2 Å². The fourth-order valence-electron chi connectivity index (χ4n) is 3.77. The van der Waals surface area contributed by atoms with E-state index in [9.17, 15) is 18.0 Å². The number of ketones is 1. The van der Waals surface area contributed by atoms with E-state index in [1.165, 1.54) is 12.1 Å². The Morgan fingerprint density at radius 1 is 1.00 bits per heavy atom. The van der Waals surface area contributed by atoms with Crippen molar-refractivity contribution in [2.45, 2.75) is 56.5 Å². The van der Waals surface area contributed by atoms with E-state index in [1.807, 2.05) is 0 Å². The van der Waals surface area contributed by atoms with Crippen LogP contribution in [0.15, 0.2) is 18.2 Å². The van der Waals surface area contributed by atoms with Crippen molar-refractivity contribution in [2.24, 2.45) is 0 Å². The van der Waals surface area contributed by atoms with Crippen molar-refractivity contribution in [3.05, 3.63) is 34.9 Å². The molecule has 1 aromatic rings. The molecular formula is C16H17F3O. The SMILES string of the molecule is O=C1CCC2(CCCCC2)c2cc(C(F)(F)F)ccc21. The zero-order valence-electron chi connectivity index (χ0n) is 11.2. The van der Waals surface area contributed by atoms with Crippen molar-refractivity contribution in [3.8, 4) is 0 Å². The lowest BCUT2D eigenvalue weighted by Crippen LogP contribution is -2.35. The molecule has 0 unspecified atom stereocenters. The first-order valence-corrected chi connectivity index (χ1v) is 7.17. The first-order valence-electron chi connectivity index (χ1n) is 7.17. The molecule has 3 rings (SSSR count). The molecule has 0 heterocycles. The average Bonchev–Trinajstić information content (AvgIpc) is 2.43. The van der Waals surface area contributed by atoms with E-state index in [2.05, 4.69) is 0 Å². The number of alkyl halides is 3. The van der Waals surface area contributed by atoms with Crippen LogP contribution >= 0.6 is 0 Å². The van der Waals surface area contributed by atoms with Crippen molar-refractivity contribution in [1.29, 1.82) is 0 Å². The van der Waals surface area contributed by atoms with Gasteiger partial charge < -0.3 is 0 Å². The van der Waals surface area contributed by atoms with Crippen LogP contribution < -0.4 is 0 Å². The largest absolute Gasteiger partial charge is 0.416 e. The van der Waals surface area contributed by atoms with Gasteiger partial charge in [0.05, 0.1) is 5.56 Å². The Bertz CT molecular complexity index is 539. The molecule has 1 aromatic carbocycles. The first-order chi connectivity index (χ1) is 9.42. The van der Waals surface area contributed by atoms with E-state index in [1.54, 1.807) is 0 Å². The van der Waals surface area contributed by atoms with Crippen LogP contribution in [0.4, 0.5) is 13.2 Å². The van der Waals surface area contributed by atoms with E-state index in [-0.39, 0.29) is 11.2 Å². The van der Waals surface area contributed by atoms with E-state index in [0.29, 0.717) is 24.0 Å². The van der Waals surface area contributed by atoms with Crippen LogP contribution in [0.25, 0.3) is 0 Å². The highest BCUT2D eigenvalue weighted by Gasteiger charge is 2.42. The van der Waals surface area contributed by atoms with Gasteiger partial charge in [-0.15, -0.1) is 0 Å². The van der Waals surface area contributed by atoms with Gasteiger partial charge in [0.1, 0.15) is 0 Å². The topological polar surface area (TPSA) is 17.1 Å². The van der Waals surface area contributed by atoms with Gasteiger partial charge >= 0.3 is 6.18 Å². The number of carbonyl (C=O) groups excluding carboxylic acids is 1. The monoisotopic (exact) mass is 282 g/mol. The molecule has 1 spiro atoms. The molecule has 0 aliphatic heterocycles. The van der Waals surface area contributed by atoms with Gasteiger partial charge in [-0.05, 0) is 42.4 Å². The molecule has 0 amide bonds. The van der Waals surface area contributed by atoms with Gasteiger partial charge in [-0.3, -0.25) is 4.79 Å². The molecule has 2 aliphatic carbocycles. The standard InChI is InChI=1S/C16H17F3O/c17-16(18,19)11-4-5-12-13(10-11)15(9-6-14(12)20)7-2-1-3-8-15/h4-5,10H,1-3,6-9H2. The molecule has 0 bridgehead atoms. The lowest BCUT2D eigenvalue weighted by Gasteiger charge is -2.42. The third-order valence-electron chi connectivity index (χ3n) is 4.86. The molecule has 2 aliphatic rings. The third kappa shape index (κ3) is 2.15. The summed E-state index contributed by atoms with van der Waals surface area (Å²) in [5.41, 5.74) is 0.355. The summed E-state index contributed by atoms with van der Waals surface area (Å²) in [6.45, 7) is 0. The van der Waals surface area contributed by atoms with Gasteiger partial charge in [-0.25, -0.2) is 0 Å². The number of Topliss-reactive ketones (excluding diaryl/α,β-unsaturated/α-hetero) is 1. The van der Waals surface area contributed by atoms with Crippen LogP contribution in [0.1, 0.15) is 66.4 Å². The number of hydrogen-bond acceptors (Lipinski definition) is 1. The van der Waals surface area contributed by atoms with Gasteiger partial charge in [0.25, 0.3) is 0 Å². The quantitative estimate of drug-likeness (QED) is 0.662. The average molecular weight is 282 g/mol. The van der Waals surface area contributed by atoms with E-state index >= 15 is 0 Å². The highest BCUT2D eigenvalue weighted by Crippen LogP contribution is 2.48. The number of fused-ring (bicyclic) bond motifs is 2. The number of benzene rings is 1. The van der Waals surface area contributed by atoms with Crippen molar-refractivity contribution in [1.82, 2.24) is 0 Å². The molecule has 1 saturated carbocycles. The van der Waals surface area contributed by atoms with Gasteiger partial charge in [-0.2, -0.15) is 13.2 Å². The maximum absolute atomic E-state index is 12.9. The molecule has 0 atom stereocenters. The Balaban J connectivity index is 2.13. The van der Waals surface area contributed by atoms with Crippen molar-refractivity contribution >= 4 is 5.78 Å².